The number of H-pyrrole nitrogens is 1. The van der Waals surface area contributed by atoms with E-state index in [4.69, 9.17) is 16.3 Å². The first-order valence-corrected chi connectivity index (χ1v) is 12.6. The Balaban J connectivity index is 1.38. The van der Waals surface area contributed by atoms with E-state index in [1.54, 1.807) is 11.8 Å². The number of hydrogen-bond donors (Lipinski definition) is 1. The fourth-order valence-corrected chi connectivity index (χ4v) is 5.15. The van der Waals surface area contributed by atoms with E-state index in [1.165, 1.54) is 5.56 Å². The largest absolute Gasteiger partial charge is 0.491 e. The molecule has 0 radical (unpaired) electrons. The van der Waals surface area contributed by atoms with Crippen molar-refractivity contribution in [2.45, 2.75) is 35.6 Å². The number of halogens is 1. The molecule has 4 rings (SSSR count). The summed E-state index contributed by atoms with van der Waals surface area (Å²) in [6.07, 6.45) is 4.00. The average Bonchev–Trinajstić information content (AvgIpc) is 3.21. The molecule has 0 spiro atoms. The van der Waals surface area contributed by atoms with E-state index in [2.05, 4.69) is 27.1 Å². The second-order valence-electron chi connectivity index (χ2n) is 6.94. The summed E-state index contributed by atoms with van der Waals surface area (Å²) in [5.74, 6) is 2.61. The van der Waals surface area contributed by atoms with E-state index in [-0.39, 0.29) is 0 Å². The van der Waals surface area contributed by atoms with Crippen LogP contribution in [-0.4, -0.2) is 27.3 Å². The van der Waals surface area contributed by atoms with Gasteiger partial charge in [-0.2, -0.15) is 0 Å². The van der Waals surface area contributed by atoms with Crippen molar-refractivity contribution < 1.29 is 4.74 Å². The molecule has 31 heavy (non-hydrogen) atoms. The van der Waals surface area contributed by atoms with Gasteiger partial charge in [-0.1, -0.05) is 47.6 Å². The van der Waals surface area contributed by atoms with Crippen LogP contribution in [0.5, 0.6) is 5.75 Å². The number of imidazole rings is 1. The molecule has 1 N–H and O–H groups in total. The van der Waals surface area contributed by atoms with Crippen molar-refractivity contribution in [1.29, 1.82) is 0 Å². The minimum absolute atomic E-state index is 0.617. The summed E-state index contributed by atoms with van der Waals surface area (Å²) in [6.45, 7) is 2.63. The number of benzene rings is 2. The van der Waals surface area contributed by atoms with Crippen molar-refractivity contribution in [3.05, 3.63) is 77.1 Å². The van der Waals surface area contributed by atoms with Gasteiger partial charge in [-0.15, -0.1) is 11.8 Å². The molecule has 2 aromatic carbocycles. The van der Waals surface area contributed by atoms with E-state index in [0.717, 1.165) is 56.1 Å². The molecule has 2 aromatic heterocycles. The Hall–Kier alpha value is -2.15. The van der Waals surface area contributed by atoms with Crippen molar-refractivity contribution in [2.75, 3.05) is 12.4 Å². The Bertz CT molecular complexity index is 1100. The van der Waals surface area contributed by atoms with Gasteiger partial charge in [-0.25, -0.2) is 4.98 Å². The molecule has 0 saturated carbocycles. The summed E-state index contributed by atoms with van der Waals surface area (Å²) in [5.41, 5.74) is 4.30. The first-order chi connectivity index (χ1) is 15.2. The molecular weight excluding hydrogens is 446 g/mol. The molecule has 0 aliphatic carbocycles. The van der Waals surface area contributed by atoms with E-state index in [9.17, 15) is 0 Å². The SMILES string of the molecule is CCOc1c(SCCCc2ccc(Cl)cc2)ccnc1CSc1nc2ccccc2[nH]1. The van der Waals surface area contributed by atoms with Gasteiger partial charge < -0.3 is 9.72 Å². The highest BCUT2D eigenvalue weighted by Gasteiger charge is 2.13. The second-order valence-corrected chi connectivity index (χ2v) is 9.48. The number of pyridine rings is 1. The van der Waals surface area contributed by atoms with Crippen LogP contribution >= 0.6 is 35.1 Å². The zero-order valence-electron chi connectivity index (χ0n) is 17.3. The van der Waals surface area contributed by atoms with Gasteiger partial charge in [0, 0.05) is 17.0 Å². The highest BCUT2D eigenvalue weighted by molar-refractivity contribution is 7.99. The topological polar surface area (TPSA) is 50.8 Å². The lowest BCUT2D eigenvalue weighted by Crippen LogP contribution is -2.01. The Morgan fingerprint density at radius 3 is 2.68 bits per heavy atom. The van der Waals surface area contributed by atoms with Gasteiger partial charge in [-0.05, 0) is 61.4 Å². The van der Waals surface area contributed by atoms with Gasteiger partial charge in [0.2, 0.25) is 0 Å². The smallest absolute Gasteiger partial charge is 0.166 e. The average molecular weight is 470 g/mol. The van der Waals surface area contributed by atoms with Crippen LogP contribution in [0, 0.1) is 0 Å². The molecule has 2 heterocycles. The summed E-state index contributed by atoms with van der Waals surface area (Å²) in [7, 11) is 0. The van der Waals surface area contributed by atoms with Crippen LogP contribution in [0.1, 0.15) is 24.6 Å². The maximum Gasteiger partial charge on any atom is 0.166 e. The lowest BCUT2D eigenvalue weighted by atomic mass is 10.1. The molecule has 160 valence electrons. The van der Waals surface area contributed by atoms with Crippen molar-refractivity contribution in [2.24, 2.45) is 0 Å². The summed E-state index contributed by atoms with van der Waals surface area (Å²) in [6, 6.07) is 18.2. The summed E-state index contributed by atoms with van der Waals surface area (Å²) in [5, 5.41) is 1.68. The van der Waals surface area contributed by atoms with E-state index < -0.39 is 0 Å². The lowest BCUT2D eigenvalue weighted by Gasteiger charge is -2.13. The van der Waals surface area contributed by atoms with Gasteiger partial charge in [0.15, 0.2) is 10.9 Å². The Morgan fingerprint density at radius 1 is 1.03 bits per heavy atom. The number of nitrogens with zero attached hydrogens (tertiary/aromatic N) is 2. The van der Waals surface area contributed by atoms with Gasteiger partial charge in [0.05, 0.1) is 28.2 Å². The van der Waals surface area contributed by atoms with Crippen LogP contribution in [-0.2, 0) is 12.2 Å². The van der Waals surface area contributed by atoms with Gasteiger partial charge in [-0.3, -0.25) is 4.98 Å². The van der Waals surface area contributed by atoms with Crippen LogP contribution in [0.4, 0.5) is 0 Å². The molecule has 0 amide bonds. The Morgan fingerprint density at radius 2 is 1.87 bits per heavy atom. The highest BCUT2D eigenvalue weighted by Crippen LogP contribution is 2.35. The number of rotatable bonds is 10. The maximum atomic E-state index is 6.00. The van der Waals surface area contributed by atoms with Gasteiger partial charge in [0.1, 0.15) is 0 Å². The standard InChI is InChI=1S/C24H24ClN3OS2/c1-2-29-23-21(16-31-24-27-19-7-3-4-8-20(19)28-24)26-14-13-22(23)30-15-5-6-17-9-11-18(25)12-10-17/h3-4,7-14H,2,5-6,15-16H2,1H3,(H,27,28). The van der Waals surface area contributed by atoms with Crippen LogP contribution in [0.25, 0.3) is 11.0 Å². The van der Waals surface area contributed by atoms with E-state index in [1.807, 2.05) is 67.3 Å². The number of hydrogen-bond acceptors (Lipinski definition) is 5. The molecular formula is C24H24ClN3OS2. The molecule has 0 unspecified atom stereocenters. The predicted molar refractivity (Wildman–Crippen MR) is 132 cm³/mol. The van der Waals surface area contributed by atoms with Crippen LogP contribution in [0.2, 0.25) is 5.02 Å². The highest BCUT2D eigenvalue weighted by atomic mass is 35.5. The third-order valence-electron chi connectivity index (χ3n) is 4.72. The zero-order chi connectivity index (χ0) is 21.5. The van der Waals surface area contributed by atoms with Crippen molar-refractivity contribution in [3.63, 3.8) is 0 Å². The molecule has 0 aliphatic rings. The van der Waals surface area contributed by atoms with Crippen LogP contribution in [0.3, 0.4) is 0 Å². The lowest BCUT2D eigenvalue weighted by molar-refractivity contribution is 0.327. The molecule has 0 saturated heterocycles. The number of aryl methyl sites for hydroxylation is 1. The van der Waals surface area contributed by atoms with Crippen molar-refractivity contribution in [1.82, 2.24) is 15.0 Å². The van der Waals surface area contributed by atoms with Crippen LogP contribution in [0.15, 0.2) is 70.8 Å². The number of aromatic nitrogens is 3. The Labute approximate surface area is 196 Å². The number of nitrogens with one attached hydrogen (secondary N) is 1. The molecule has 0 aliphatic heterocycles. The number of aromatic amines is 1. The van der Waals surface area contributed by atoms with E-state index >= 15 is 0 Å². The quantitative estimate of drug-likeness (QED) is 0.199. The predicted octanol–water partition coefficient (Wildman–Crippen LogP) is 7.03. The third kappa shape index (κ3) is 5.97. The van der Waals surface area contributed by atoms with E-state index in [0.29, 0.717) is 12.4 Å². The summed E-state index contributed by atoms with van der Waals surface area (Å²) in [4.78, 5) is 13.8. The molecule has 7 heteroatoms. The first kappa shape index (κ1) is 22.1. The molecule has 4 aromatic rings. The van der Waals surface area contributed by atoms with Gasteiger partial charge >= 0.3 is 0 Å². The second kappa shape index (κ2) is 10.9. The molecule has 0 atom stereocenters. The van der Waals surface area contributed by atoms with Crippen molar-refractivity contribution in [3.8, 4) is 5.75 Å². The number of fused-ring (bicyclic) bond motifs is 1. The Kier molecular flexibility index (Phi) is 7.78. The molecule has 4 nitrogen and oxygen atoms in total. The number of thioether (sulfide) groups is 2. The summed E-state index contributed by atoms with van der Waals surface area (Å²) < 4.78 is 6.00. The summed E-state index contributed by atoms with van der Waals surface area (Å²) >= 11 is 9.44. The minimum Gasteiger partial charge on any atom is -0.491 e. The fraction of sp³-hybridized carbons (Fsp3) is 0.250. The monoisotopic (exact) mass is 469 g/mol. The normalized spacial score (nSPS) is 11.2. The fourth-order valence-electron chi connectivity index (χ4n) is 3.23. The van der Waals surface area contributed by atoms with Gasteiger partial charge in [0.25, 0.3) is 0 Å². The zero-order valence-corrected chi connectivity index (χ0v) is 19.7. The minimum atomic E-state index is 0.617. The molecule has 0 bridgehead atoms. The third-order valence-corrected chi connectivity index (χ3v) is 6.99. The number of ether oxygens (including phenoxy) is 1. The maximum absolute atomic E-state index is 6.00. The molecule has 0 fully saturated rings. The number of para-hydroxylation sites is 2. The first-order valence-electron chi connectivity index (χ1n) is 10.3. The van der Waals surface area contributed by atoms with Crippen LogP contribution < -0.4 is 4.74 Å². The van der Waals surface area contributed by atoms with Crippen molar-refractivity contribution >= 4 is 46.2 Å².